The maximum Gasteiger partial charge on any atom is 0.279 e. The number of allylic oxidation sites excluding steroid dienone is 1. The minimum atomic E-state index is -2.80. The number of nitrogens with zero attached hydrogens (tertiary/aromatic N) is 4. The van der Waals surface area contributed by atoms with Gasteiger partial charge in [0.15, 0.2) is 0 Å². The van der Waals surface area contributed by atoms with Crippen LogP contribution in [0.1, 0.15) is 19.2 Å². The van der Waals surface area contributed by atoms with Crippen molar-refractivity contribution >= 4 is 17.6 Å². The second-order valence-corrected chi connectivity index (χ2v) is 6.54. The number of aromatic amines is 1. The van der Waals surface area contributed by atoms with E-state index in [2.05, 4.69) is 31.8 Å². The SMILES string of the molecule is CC1CC(N)CN(c2cc(-c3cnc(/C=C\C(=N)C(F)F)[nH]3)ncn2)C1. The molecule has 2 aromatic heterocycles. The fourth-order valence-corrected chi connectivity index (χ4v) is 3.05. The van der Waals surface area contributed by atoms with Gasteiger partial charge in [0, 0.05) is 25.2 Å². The predicted molar refractivity (Wildman–Crippen MR) is 96.3 cm³/mol. The summed E-state index contributed by atoms with van der Waals surface area (Å²) in [5, 5.41) is 7.12. The van der Waals surface area contributed by atoms with Gasteiger partial charge in [-0.05, 0) is 24.5 Å². The number of imidazole rings is 1. The average molecular weight is 361 g/mol. The summed E-state index contributed by atoms with van der Waals surface area (Å²) in [5.41, 5.74) is 6.64. The van der Waals surface area contributed by atoms with Crippen LogP contribution in [0.25, 0.3) is 17.5 Å². The van der Waals surface area contributed by atoms with E-state index in [0.29, 0.717) is 23.1 Å². The van der Waals surface area contributed by atoms with Crippen LogP contribution in [0.15, 0.2) is 24.7 Å². The van der Waals surface area contributed by atoms with E-state index in [4.69, 9.17) is 11.1 Å². The predicted octanol–water partition coefficient (Wildman–Crippen LogP) is 2.34. The van der Waals surface area contributed by atoms with Crippen molar-refractivity contribution in [3.05, 3.63) is 30.5 Å². The topological polar surface area (TPSA) is 108 Å². The number of nitrogens with two attached hydrogens (primary N) is 1. The molecule has 1 aliphatic heterocycles. The fourth-order valence-electron chi connectivity index (χ4n) is 3.05. The number of piperidine rings is 1. The molecule has 0 saturated carbocycles. The Morgan fingerprint density at radius 2 is 2.19 bits per heavy atom. The third-order valence-corrected chi connectivity index (χ3v) is 4.20. The molecule has 1 aliphatic rings. The smallest absolute Gasteiger partial charge is 0.279 e. The lowest BCUT2D eigenvalue weighted by Gasteiger charge is -2.35. The molecule has 0 amide bonds. The molecule has 9 heteroatoms. The molecule has 0 bridgehead atoms. The van der Waals surface area contributed by atoms with Crippen molar-refractivity contribution in [3.8, 4) is 11.4 Å². The maximum absolute atomic E-state index is 12.3. The Morgan fingerprint density at radius 1 is 1.38 bits per heavy atom. The van der Waals surface area contributed by atoms with E-state index in [-0.39, 0.29) is 6.04 Å². The summed E-state index contributed by atoms with van der Waals surface area (Å²) in [7, 11) is 0. The number of rotatable bonds is 5. The highest BCUT2D eigenvalue weighted by Gasteiger charge is 2.23. The summed E-state index contributed by atoms with van der Waals surface area (Å²) in [6.07, 6.45) is 3.61. The number of hydrogen-bond donors (Lipinski definition) is 3. The Balaban J connectivity index is 1.77. The van der Waals surface area contributed by atoms with Crippen LogP contribution in [-0.2, 0) is 0 Å². The Labute approximate surface area is 149 Å². The molecule has 2 atom stereocenters. The summed E-state index contributed by atoms with van der Waals surface area (Å²) < 4.78 is 24.7. The van der Waals surface area contributed by atoms with Gasteiger partial charge in [-0.25, -0.2) is 23.7 Å². The summed E-state index contributed by atoms with van der Waals surface area (Å²) in [6.45, 7) is 3.79. The summed E-state index contributed by atoms with van der Waals surface area (Å²) in [5.74, 6) is 1.66. The van der Waals surface area contributed by atoms with Gasteiger partial charge < -0.3 is 15.6 Å². The standard InChI is InChI=1S/C17H21F2N7/c1-10-4-11(20)8-26(7-10)16-5-13(23-9-24-16)14-6-22-15(25-14)3-2-12(21)17(18)19/h2-3,5-6,9-11,17,21H,4,7-8,20H2,1H3,(H,22,25)/b3-2-,21-12?. The van der Waals surface area contributed by atoms with Gasteiger partial charge in [-0.1, -0.05) is 6.92 Å². The third-order valence-electron chi connectivity index (χ3n) is 4.20. The van der Waals surface area contributed by atoms with Gasteiger partial charge in [0.25, 0.3) is 6.43 Å². The van der Waals surface area contributed by atoms with E-state index >= 15 is 0 Å². The van der Waals surface area contributed by atoms with Crippen molar-refractivity contribution in [3.63, 3.8) is 0 Å². The molecule has 3 heterocycles. The molecule has 0 aromatic carbocycles. The quantitative estimate of drug-likeness (QED) is 0.709. The van der Waals surface area contributed by atoms with Crippen LogP contribution in [0.5, 0.6) is 0 Å². The molecule has 3 rings (SSSR count). The molecule has 0 aliphatic carbocycles. The molecule has 0 spiro atoms. The number of halogens is 2. The minimum absolute atomic E-state index is 0.117. The van der Waals surface area contributed by atoms with Crippen molar-refractivity contribution in [2.24, 2.45) is 11.7 Å². The molecular formula is C17H21F2N7. The Morgan fingerprint density at radius 3 is 2.92 bits per heavy atom. The van der Waals surface area contributed by atoms with Crippen molar-refractivity contribution in [1.29, 1.82) is 5.41 Å². The molecule has 2 unspecified atom stereocenters. The first-order valence-corrected chi connectivity index (χ1v) is 8.35. The number of alkyl halides is 2. The van der Waals surface area contributed by atoms with E-state index < -0.39 is 12.1 Å². The Kier molecular flexibility index (Phi) is 5.36. The monoisotopic (exact) mass is 361 g/mol. The molecule has 7 nitrogen and oxygen atoms in total. The first-order chi connectivity index (χ1) is 12.4. The zero-order chi connectivity index (χ0) is 18.7. The van der Waals surface area contributed by atoms with Crippen molar-refractivity contribution in [2.45, 2.75) is 25.8 Å². The highest BCUT2D eigenvalue weighted by Crippen LogP contribution is 2.24. The van der Waals surface area contributed by atoms with Gasteiger partial charge in [-0.3, -0.25) is 5.41 Å². The van der Waals surface area contributed by atoms with Crippen molar-refractivity contribution in [2.75, 3.05) is 18.0 Å². The maximum atomic E-state index is 12.3. The minimum Gasteiger partial charge on any atom is -0.355 e. The Hall–Kier alpha value is -2.68. The Bertz CT molecular complexity index is 792. The van der Waals surface area contributed by atoms with Crippen LogP contribution in [0.4, 0.5) is 14.6 Å². The van der Waals surface area contributed by atoms with Crippen LogP contribution in [0.2, 0.25) is 0 Å². The molecule has 26 heavy (non-hydrogen) atoms. The van der Waals surface area contributed by atoms with Crippen LogP contribution in [0.3, 0.4) is 0 Å². The fraction of sp³-hybridized carbons (Fsp3) is 0.412. The zero-order valence-corrected chi connectivity index (χ0v) is 14.4. The highest BCUT2D eigenvalue weighted by atomic mass is 19.3. The third kappa shape index (κ3) is 4.29. The van der Waals surface area contributed by atoms with Crippen molar-refractivity contribution in [1.82, 2.24) is 19.9 Å². The number of H-pyrrole nitrogens is 1. The normalized spacial score (nSPS) is 20.9. The second kappa shape index (κ2) is 7.69. The second-order valence-electron chi connectivity index (χ2n) is 6.54. The highest BCUT2D eigenvalue weighted by molar-refractivity contribution is 5.97. The van der Waals surface area contributed by atoms with E-state index in [9.17, 15) is 8.78 Å². The summed E-state index contributed by atoms with van der Waals surface area (Å²) >= 11 is 0. The number of nitrogens with one attached hydrogen (secondary N) is 2. The molecular weight excluding hydrogens is 340 g/mol. The zero-order valence-electron chi connectivity index (χ0n) is 14.4. The molecule has 1 fully saturated rings. The molecule has 4 N–H and O–H groups in total. The first-order valence-electron chi connectivity index (χ1n) is 8.35. The lowest BCUT2D eigenvalue weighted by molar-refractivity contribution is 0.226. The van der Waals surface area contributed by atoms with Gasteiger partial charge in [0.2, 0.25) is 0 Å². The van der Waals surface area contributed by atoms with Gasteiger partial charge in [0.05, 0.1) is 23.3 Å². The number of aromatic nitrogens is 4. The van der Waals surface area contributed by atoms with Gasteiger partial charge >= 0.3 is 0 Å². The van der Waals surface area contributed by atoms with E-state index in [1.54, 1.807) is 6.20 Å². The lowest BCUT2D eigenvalue weighted by Crippen LogP contribution is -2.46. The molecule has 0 radical (unpaired) electrons. The molecule has 138 valence electrons. The molecule has 1 saturated heterocycles. The number of hydrogen-bond acceptors (Lipinski definition) is 6. The number of anilines is 1. The van der Waals surface area contributed by atoms with Gasteiger partial charge in [0.1, 0.15) is 18.0 Å². The average Bonchev–Trinajstić information content (AvgIpc) is 3.08. The van der Waals surface area contributed by atoms with Crippen LogP contribution >= 0.6 is 0 Å². The van der Waals surface area contributed by atoms with E-state index in [1.165, 1.54) is 12.4 Å². The lowest BCUT2D eigenvalue weighted by atomic mass is 9.96. The van der Waals surface area contributed by atoms with Gasteiger partial charge in [-0.15, -0.1) is 0 Å². The summed E-state index contributed by atoms with van der Waals surface area (Å²) in [4.78, 5) is 17.9. The van der Waals surface area contributed by atoms with Crippen LogP contribution in [0, 0.1) is 11.3 Å². The molecule has 2 aromatic rings. The van der Waals surface area contributed by atoms with E-state index in [1.807, 2.05) is 6.07 Å². The van der Waals surface area contributed by atoms with E-state index in [0.717, 1.165) is 31.4 Å². The summed E-state index contributed by atoms with van der Waals surface area (Å²) in [6, 6.07) is 1.97. The van der Waals surface area contributed by atoms with Crippen LogP contribution in [-0.4, -0.2) is 51.2 Å². The van der Waals surface area contributed by atoms with Crippen molar-refractivity contribution < 1.29 is 8.78 Å². The largest absolute Gasteiger partial charge is 0.355 e. The van der Waals surface area contributed by atoms with Crippen LogP contribution < -0.4 is 10.6 Å². The first kappa shape index (κ1) is 18.1. The van der Waals surface area contributed by atoms with Gasteiger partial charge in [-0.2, -0.15) is 0 Å².